The van der Waals surface area contributed by atoms with Crippen LogP contribution in [0, 0.1) is 0 Å². The third kappa shape index (κ3) is 3.79. The molecule has 6 nitrogen and oxygen atoms in total. The van der Waals surface area contributed by atoms with Gasteiger partial charge >= 0.3 is 5.97 Å². The van der Waals surface area contributed by atoms with E-state index >= 15 is 0 Å². The number of thiophene rings is 1. The van der Waals surface area contributed by atoms with Crippen LogP contribution in [0.5, 0.6) is 0 Å². The highest BCUT2D eigenvalue weighted by molar-refractivity contribution is 9.11. The van der Waals surface area contributed by atoms with Gasteiger partial charge in [0.1, 0.15) is 10.3 Å². The number of fused-ring (bicyclic) bond motifs is 1. The summed E-state index contributed by atoms with van der Waals surface area (Å²) >= 11 is 4.24. The molecule has 0 aliphatic rings. The molecule has 25 heavy (non-hydrogen) atoms. The third-order valence-electron chi connectivity index (χ3n) is 3.81. The summed E-state index contributed by atoms with van der Waals surface area (Å²) in [5.41, 5.74) is 1.74. The Bertz CT molecular complexity index is 1040. The van der Waals surface area contributed by atoms with E-state index in [0.29, 0.717) is 3.79 Å². The summed E-state index contributed by atoms with van der Waals surface area (Å²) < 4.78 is 29.8. The highest BCUT2D eigenvalue weighted by Gasteiger charge is 2.27. The molecule has 0 bridgehead atoms. The van der Waals surface area contributed by atoms with Crippen LogP contribution < -0.4 is 4.72 Å². The molecule has 0 fully saturated rings. The van der Waals surface area contributed by atoms with E-state index in [0.717, 1.165) is 27.8 Å². The number of aliphatic carboxylic acids is 1. The summed E-state index contributed by atoms with van der Waals surface area (Å²) in [6.45, 7) is 0. The van der Waals surface area contributed by atoms with Crippen molar-refractivity contribution in [2.45, 2.75) is 16.7 Å². The van der Waals surface area contributed by atoms with Crippen molar-refractivity contribution in [3.63, 3.8) is 0 Å². The second-order valence-corrected chi connectivity index (χ2v) is 9.96. The van der Waals surface area contributed by atoms with Gasteiger partial charge in [-0.25, -0.2) is 8.42 Å². The number of carboxylic acids is 1. The monoisotopic (exact) mass is 442 g/mol. The van der Waals surface area contributed by atoms with Crippen LogP contribution in [-0.4, -0.2) is 30.1 Å². The number of carbonyl (C=O) groups is 1. The largest absolute Gasteiger partial charge is 0.480 e. The van der Waals surface area contributed by atoms with E-state index in [1.54, 1.807) is 6.07 Å². The average molecular weight is 443 g/mol. The molecule has 1 atom stereocenters. The highest BCUT2D eigenvalue weighted by Crippen LogP contribution is 2.27. The number of hydrogen-bond acceptors (Lipinski definition) is 4. The summed E-state index contributed by atoms with van der Waals surface area (Å²) in [7, 11) is -2.03. The van der Waals surface area contributed by atoms with Crippen LogP contribution in [0.15, 0.2) is 50.6 Å². The molecule has 0 aliphatic heterocycles. The van der Waals surface area contributed by atoms with Gasteiger partial charge in [-0.2, -0.15) is 4.72 Å². The van der Waals surface area contributed by atoms with Gasteiger partial charge in [-0.1, -0.05) is 18.2 Å². The van der Waals surface area contributed by atoms with E-state index in [4.69, 9.17) is 0 Å². The first-order chi connectivity index (χ1) is 11.8. The molecule has 3 aromatic rings. The fraction of sp³-hybridized carbons (Fsp3) is 0.188. The van der Waals surface area contributed by atoms with E-state index in [1.807, 2.05) is 42.1 Å². The van der Waals surface area contributed by atoms with Gasteiger partial charge in [-0.05, 0) is 39.7 Å². The fourth-order valence-corrected chi connectivity index (χ4v) is 5.89. The van der Waals surface area contributed by atoms with Gasteiger partial charge in [0.2, 0.25) is 0 Å². The van der Waals surface area contributed by atoms with Crippen molar-refractivity contribution in [3.05, 3.63) is 51.9 Å². The van der Waals surface area contributed by atoms with E-state index < -0.39 is 22.0 Å². The number of nitrogens with one attached hydrogen (secondary N) is 1. The third-order valence-corrected chi connectivity index (χ3v) is 7.40. The Kier molecular flexibility index (Phi) is 5.01. The molecule has 9 heteroatoms. The van der Waals surface area contributed by atoms with E-state index in [-0.39, 0.29) is 10.6 Å². The Hall–Kier alpha value is -1.68. The van der Waals surface area contributed by atoms with Crippen molar-refractivity contribution in [2.24, 2.45) is 7.05 Å². The van der Waals surface area contributed by atoms with E-state index in [9.17, 15) is 18.3 Å². The number of sulfonamides is 1. The average Bonchev–Trinajstić information content (AvgIpc) is 3.12. The maximum Gasteiger partial charge on any atom is 0.322 e. The van der Waals surface area contributed by atoms with Gasteiger partial charge in [0.15, 0.2) is 0 Å². The molecule has 0 saturated heterocycles. The number of rotatable bonds is 6. The van der Waals surface area contributed by atoms with Gasteiger partial charge in [0.25, 0.3) is 10.0 Å². The Morgan fingerprint density at radius 2 is 2.04 bits per heavy atom. The Labute approximate surface area is 157 Å². The maximum atomic E-state index is 12.4. The number of hydrogen-bond donors (Lipinski definition) is 2. The van der Waals surface area contributed by atoms with Crippen molar-refractivity contribution < 1.29 is 18.3 Å². The number of aryl methyl sites for hydroxylation is 1. The molecule has 2 N–H and O–H groups in total. The van der Waals surface area contributed by atoms with E-state index in [2.05, 4.69) is 20.7 Å². The van der Waals surface area contributed by atoms with Crippen LogP contribution >= 0.6 is 27.3 Å². The van der Waals surface area contributed by atoms with Gasteiger partial charge < -0.3 is 9.67 Å². The summed E-state index contributed by atoms with van der Waals surface area (Å²) in [4.78, 5) is 11.6. The molecule has 132 valence electrons. The first kappa shape index (κ1) is 18.1. The van der Waals surface area contributed by atoms with Crippen molar-refractivity contribution in [2.75, 3.05) is 0 Å². The number of para-hydroxylation sites is 1. The minimum Gasteiger partial charge on any atom is -0.480 e. The maximum absolute atomic E-state index is 12.4. The molecule has 0 saturated carbocycles. The number of carboxylic acid groups (broad SMARTS) is 1. The minimum absolute atomic E-state index is 0.0580. The van der Waals surface area contributed by atoms with E-state index in [1.165, 1.54) is 6.07 Å². The van der Waals surface area contributed by atoms with Gasteiger partial charge in [-0.3, -0.25) is 4.79 Å². The smallest absolute Gasteiger partial charge is 0.322 e. The van der Waals surface area contributed by atoms with Crippen LogP contribution in [0.2, 0.25) is 0 Å². The van der Waals surface area contributed by atoms with Crippen molar-refractivity contribution in [3.8, 4) is 0 Å². The number of aromatic nitrogens is 1. The molecule has 3 rings (SSSR count). The molecule has 2 heterocycles. The lowest BCUT2D eigenvalue weighted by atomic mass is 10.1. The second kappa shape index (κ2) is 6.91. The molecule has 1 aromatic carbocycles. The number of benzene rings is 1. The second-order valence-electron chi connectivity index (χ2n) is 5.56. The molecule has 0 aliphatic carbocycles. The predicted molar refractivity (Wildman–Crippen MR) is 100 cm³/mol. The first-order valence-electron chi connectivity index (χ1n) is 7.31. The SMILES string of the molecule is Cn1cc(C[C@@H](NS(=O)(=O)c2ccc(Br)s2)C(=O)O)c2ccccc21. The number of halogens is 1. The first-order valence-corrected chi connectivity index (χ1v) is 10.4. The zero-order chi connectivity index (χ0) is 18.2. The molecule has 0 amide bonds. The quantitative estimate of drug-likeness (QED) is 0.613. The Morgan fingerprint density at radius 1 is 1.32 bits per heavy atom. The Balaban J connectivity index is 1.90. The number of nitrogens with zero attached hydrogens (tertiary/aromatic N) is 1. The zero-order valence-corrected chi connectivity index (χ0v) is 16.4. The van der Waals surface area contributed by atoms with Crippen molar-refractivity contribution >= 4 is 54.2 Å². The topological polar surface area (TPSA) is 88.4 Å². The molecule has 2 aromatic heterocycles. The summed E-state index contributed by atoms with van der Waals surface area (Å²) in [6.07, 6.45) is 1.89. The van der Waals surface area contributed by atoms with Crippen LogP contribution in [0.3, 0.4) is 0 Å². The summed E-state index contributed by atoms with van der Waals surface area (Å²) in [5.74, 6) is -1.22. The van der Waals surface area contributed by atoms with Crippen LogP contribution in [0.1, 0.15) is 5.56 Å². The van der Waals surface area contributed by atoms with Crippen molar-refractivity contribution in [1.82, 2.24) is 9.29 Å². The lowest BCUT2D eigenvalue weighted by molar-refractivity contribution is -0.138. The predicted octanol–water partition coefficient (Wildman–Crippen LogP) is 2.98. The van der Waals surface area contributed by atoms with Gasteiger partial charge in [-0.15, -0.1) is 11.3 Å². The summed E-state index contributed by atoms with van der Waals surface area (Å²) in [6, 6.07) is 9.40. The lowest BCUT2D eigenvalue weighted by Gasteiger charge is -2.13. The molecule has 0 radical (unpaired) electrons. The standard InChI is InChI=1S/C16H15BrN2O4S2/c1-19-9-10(11-4-2-3-5-13(11)19)8-12(16(20)21)18-25(22,23)15-7-6-14(17)24-15/h2-7,9,12,18H,8H2,1H3,(H,20,21)/t12-/m1/s1. The van der Waals surface area contributed by atoms with Crippen molar-refractivity contribution in [1.29, 1.82) is 0 Å². The normalized spacial score (nSPS) is 13.2. The Morgan fingerprint density at radius 3 is 2.68 bits per heavy atom. The van der Waals surface area contributed by atoms with Gasteiger partial charge in [0, 0.05) is 30.6 Å². The van der Waals surface area contributed by atoms with Crippen LogP contribution in [-0.2, 0) is 28.3 Å². The highest BCUT2D eigenvalue weighted by atomic mass is 79.9. The van der Waals surface area contributed by atoms with Crippen LogP contribution in [0.4, 0.5) is 0 Å². The van der Waals surface area contributed by atoms with Gasteiger partial charge in [0.05, 0.1) is 3.79 Å². The summed E-state index contributed by atoms with van der Waals surface area (Å²) in [5, 5.41) is 10.4. The lowest BCUT2D eigenvalue weighted by Crippen LogP contribution is -2.42. The fourth-order valence-electron chi connectivity index (χ4n) is 2.68. The molecular weight excluding hydrogens is 428 g/mol. The molecular formula is C16H15BrN2O4S2. The minimum atomic E-state index is -3.90. The van der Waals surface area contributed by atoms with Crippen LogP contribution in [0.25, 0.3) is 10.9 Å². The zero-order valence-electron chi connectivity index (χ0n) is 13.1. The molecule has 0 unspecified atom stereocenters. The molecule has 0 spiro atoms.